The summed E-state index contributed by atoms with van der Waals surface area (Å²) < 4.78 is 0. The molecule has 0 aliphatic rings. The van der Waals surface area contributed by atoms with Crippen molar-refractivity contribution in [1.82, 2.24) is 0 Å². The lowest BCUT2D eigenvalue weighted by atomic mass is 9.80. The third kappa shape index (κ3) is 3.01. The molecule has 1 unspecified atom stereocenters. The molecule has 1 radical (unpaired) electrons. The first-order chi connectivity index (χ1) is 8.83. The summed E-state index contributed by atoms with van der Waals surface area (Å²) >= 11 is 0. The largest absolute Gasteiger partial charge is 0.0622 e. The van der Waals surface area contributed by atoms with E-state index < -0.39 is 0 Å². The second kappa shape index (κ2) is 6.39. The van der Waals surface area contributed by atoms with E-state index in [0.29, 0.717) is 11.8 Å². The molecule has 0 amide bonds. The van der Waals surface area contributed by atoms with Crippen molar-refractivity contribution in [1.29, 1.82) is 0 Å². The number of rotatable bonds is 5. The molecule has 0 nitrogen and oxygen atoms in total. The van der Waals surface area contributed by atoms with E-state index in [9.17, 15) is 0 Å². The zero-order chi connectivity index (χ0) is 12.8. The highest BCUT2D eigenvalue weighted by Gasteiger charge is 2.20. The van der Waals surface area contributed by atoms with Crippen LogP contribution in [0.15, 0.2) is 60.7 Å². The number of hydrogen-bond donors (Lipinski definition) is 0. The van der Waals surface area contributed by atoms with Crippen LogP contribution < -0.4 is 0 Å². The van der Waals surface area contributed by atoms with E-state index in [0.717, 1.165) is 12.8 Å². The maximum atomic E-state index is 4.00. The fourth-order valence-electron chi connectivity index (χ4n) is 2.66. The summed E-state index contributed by atoms with van der Waals surface area (Å²) in [5.41, 5.74) is 2.81. The zero-order valence-corrected chi connectivity index (χ0v) is 11.0. The highest BCUT2D eigenvalue weighted by atomic mass is 14.2. The van der Waals surface area contributed by atoms with Gasteiger partial charge in [-0.3, -0.25) is 0 Å². The van der Waals surface area contributed by atoms with Crippen molar-refractivity contribution in [3.05, 3.63) is 78.7 Å². The lowest BCUT2D eigenvalue weighted by Crippen LogP contribution is -2.11. The second-order valence-electron chi connectivity index (χ2n) is 4.92. The van der Waals surface area contributed by atoms with Gasteiger partial charge in [0.2, 0.25) is 0 Å². The molecule has 0 bridgehead atoms. The van der Waals surface area contributed by atoms with Crippen LogP contribution in [0, 0.1) is 12.8 Å². The third-order valence-corrected chi connectivity index (χ3v) is 3.55. The fourth-order valence-corrected chi connectivity index (χ4v) is 2.66. The van der Waals surface area contributed by atoms with E-state index in [2.05, 4.69) is 74.5 Å². The Morgan fingerprint density at radius 2 is 1.28 bits per heavy atom. The summed E-state index contributed by atoms with van der Waals surface area (Å²) in [5.74, 6) is 1.10. The van der Waals surface area contributed by atoms with Gasteiger partial charge in [-0.25, -0.2) is 0 Å². The van der Waals surface area contributed by atoms with E-state index >= 15 is 0 Å². The van der Waals surface area contributed by atoms with Gasteiger partial charge in [-0.1, -0.05) is 80.9 Å². The van der Waals surface area contributed by atoms with E-state index in [1.165, 1.54) is 11.1 Å². The topological polar surface area (TPSA) is 0 Å². The van der Waals surface area contributed by atoms with Crippen LogP contribution >= 0.6 is 0 Å². The Hall–Kier alpha value is -1.56. The van der Waals surface area contributed by atoms with Crippen LogP contribution in [-0.4, -0.2) is 0 Å². The first-order valence-corrected chi connectivity index (χ1v) is 6.72. The molecule has 93 valence electrons. The van der Waals surface area contributed by atoms with Gasteiger partial charge in [-0.2, -0.15) is 0 Å². The van der Waals surface area contributed by atoms with Gasteiger partial charge >= 0.3 is 0 Å². The molecule has 0 aliphatic carbocycles. The van der Waals surface area contributed by atoms with Crippen molar-refractivity contribution in [2.75, 3.05) is 0 Å². The molecule has 0 heteroatoms. The molecule has 0 fully saturated rings. The Bertz CT molecular complexity index is 404. The molecule has 0 spiro atoms. The van der Waals surface area contributed by atoms with E-state index in [1.807, 2.05) is 0 Å². The van der Waals surface area contributed by atoms with Crippen molar-refractivity contribution in [2.24, 2.45) is 5.92 Å². The highest BCUT2D eigenvalue weighted by Crippen LogP contribution is 2.34. The van der Waals surface area contributed by atoms with Crippen molar-refractivity contribution in [3.63, 3.8) is 0 Å². The highest BCUT2D eigenvalue weighted by molar-refractivity contribution is 5.33. The van der Waals surface area contributed by atoms with Gasteiger partial charge in [0.05, 0.1) is 0 Å². The smallest absolute Gasteiger partial charge is 0.0115 e. The van der Waals surface area contributed by atoms with Crippen LogP contribution in [-0.2, 0) is 0 Å². The normalized spacial score (nSPS) is 12.6. The van der Waals surface area contributed by atoms with Crippen molar-refractivity contribution in [3.8, 4) is 0 Å². The molecule has 0 heterocycles. The molecule has 2 rings (SSSR count). The number of hydrogen-bond acceptors (Lipinski definition) is 0. The van der Waals surface area contributed by atoms with Crippen LogP contribution in [0.1, 0.15) is 36.8 Å². The first-order valence-electron chi connectivity index (χ1n) is 6.72. The van der Waals surface area contributed by atoms with Crippen LogP contribution in [0.4, 0.5) is 0 Å². The van der Waals surface area contributed by atoms with Crippen molar-refractivity contribution in [2.45, 2.75) is 25.7 Å². The van der Waals surface area contributed by atoms with Crippen LogP contribution in [0.25, 0.3) is 0 Å². The van der Waals surface area contributed by atoms with Gasteiger partial charge in [-0.05, 0) is 23.5 Å². The van der Waals surface area contributed by atoms with Gasteiger partial charge in [0, 0.05) is 5.92 Å². The van der Waals surface area contributed by atoms with Crippen LogP contribution in [0.2, 0.25) is 0 Å². The summed E-state index contributed by atoms with van der Waals surface area (Å²) in [6.45, 7) is 6.32. The molecule has 0 saturated heterocycles. The monoisotopic (exact) mass is 237 g/mol. The summed E-state index contributed by atoms with van der Waals surface area (Å²) in [7, 11) is 0. The second-order valence-corrected chi connectivity index (χ2v) is 4.92. The van der Waals surface area contributed by atoms with Crippen LogP contribution in [0.5, 0.6) is 0 Å². The molecule has 2 aromatic carbocycles. The SMILES string of the molecule is [CH2]CCC(C)C(c1ccccc1)c1ccccc1. The minimum atomic E-state index is 0.481. The van der Waals surface area contributed by atoms with E-state index in [1.54, 1.807) is 0 Å². The molecule has 0 saturated carbocycles. The molecule has 0 N–H and O–H groups in total. The molecule has 1 atom stereocenters. The Morgan fingerprint density at radius 3 is 1.67 bits per heavy atom. The maximum Gasteiger partial charge on any atom is 0.0115 e. The van der Waals surface area contributed by atoms with Gasteiger partial charge in [-0.15, -0.1) is 0 Å². The summed E-state index contributed by atoms with van der Waals surface area (Å²) in [6.07, 6.45) is 2.16. The Balaban J connectivity index is 2.35. The van der Waals surface area contributed by atoms with Gasteiger partial charge in [0.25, 0.3) is 0 Å². The quantitative estimate of drug-likeness (QED) is 0.681. The maximum absolute atomic E-state index is 4.00. The molecular formula is C18H21. The average molecular weight is 237 g/mol. The third-order valence-electron chi connectivity index (χ3n) is 3.55. The number of benzene rings is 2. The fraction of sp³-hybridized carbons (Fsp3) is 0.278. The summed E-state index contributed by atoms with van der Waals surface area (Å²) in [4.78, 5) is 0. The Labute approximate surface area is 111 Å². The summed E-state index contributed by atoms with van der Waals surface area (Å²) in [5, 5.41) is 0. The zero-order valence-electron chi connectivity index (χ0n) is 11.0. The lowest BCUT2D eigenvalue weighted by Gasteiger charge is -2.24. The van der Waals surface area contributed by atoms with Crippen molar-refractivity contribution >= 4 is 0 Å². The van der Waals surface area contributed by atoms with Crippen molar-refractivity contribution < 1.29 is 0 Å². The predicted octanol–water partition coefficient (Wildman–Crippen LogP) is 5.07. The standard InChI is InChI=1S/C18H21/c1-3-10-15(2)18(16-11-6-4-7-12-16)17-13-8-5-9-14-17/h4-9,11-15,18H,1,3,10H2,2H3. The Kier molecular flexibility index (Phi) is 4.58. The Morgan fingerprint density at radius 1 is 0.833 bits per heavy atom. The molecule has 18 heavy (non-hydrogen) atoms. The average Bonchev–Trinajstić information content (AvgIpc) is 2.42. The minimum absolute atomic E-state index is 0.481. The van der Waals surface area contributed by atoms with Crippen LogP contribution in [0.3, 0.4) is 0 Å². The van der Waals surface area contributed by atoms with Gasteiger partial charge in [0.15, 0.2) is 0 Å². The first kappa shape index (κ1) is 12.9. The lowest BCUT2D eigenvalue weighted by molar-refractivity contribution is 0.477. The van der Waals surface area contributed by atoms with E-state index in [4.69, 9.17) is 0 Å². The van der Waals surface area contributed by atoms with Gasteiger partial charge < -0.3 is 0 Å². The van der Waals surface area contributed by atoms with Gasteiger partial charge in [0.1, 0.15) is 0 Å². The molecule has 0 aliphatic heterocycles. The van der Waals surface area contributed by atoms with E-state index in [-0.39, 0.29) is 0 Å². The summed E-state index contributed by atoms with van der Waals surface area (Å²) in [6, 6.07) is 21.6. The molecular weight excluding hydrogens is 216 g/mol. The molecule has 2 aromatic rings. The minimum Gasteiger partial charge on any atom is -0.0622 e. The predicted molar refractivity (Wildman–Crippen MR) is 78.5 cm³/mol. The molecule has 0 aromatic heterocycles.